The van der Waals surface area contributed by atoms with Gasteiger partial charge in [0.25, 0.3) is 0 Å². The molecule has 2 heterocycles. The van der Waals surface area contributed by atoms with Gasteiger partial charge in [-0.3, -0.25) is 9.69 Å². The van der Waals surface area contributed by atoms with Crippen LogP contribution in [-0.4, -0.2) is 69.3 Å². The Morgan fingerprint density at radius 2 is 1.85 bits per heavy atom. The zero-order valence-electron chi connectivity index (χ0n) is 19.2. The molecular formula is C23H28FN3O5S2. The Kier molecular flexibility index (Phi) is 7.36. The smallest absolute Gasteiger partial charge is 0.341 e. The third kappa shape index (κ3) is 5.17. The molecule has 2 aromatic rings. The highest BCUT2D eigenvalue weighted by Gasteiger charge is 2.31. The largest absolute Gasteiger partial charge is 0.465 e. The van der Waals surface area contributed by atoms with E-state index >= 15 is 0 Å². The first-order valence-corrected chi connectivity index (χ1v) is 13.5. The molecule has 1 aliphatic heterocycles. The summed E-state index contributed by atoms with van der Waals surface area (Å²) >= 11 is 1.44. The molecule has 2 aliphatic rings. The minimum absolute atomic E-state index is 0.0476. The minimum Gasteiger partial charge on any atom is -0.465 e. The lowest BCUT2D eigenvalue weighted by molar-refractivity contribution is -0.117. The second-order valence-corrected chi connectivity index (χ2v) is 11.8. The number of hydrogen-bond acceptors (Lipinski definition) is 7. The minimum atomic E-state index is -3.71. The van der Waals surface area contributed by atoms with Crippen molar-refractivity contribution in [2.24, 2.45) is 5.92 Å². The molecule has 1 aromatic heterocycles. The zero-order chi connectivity index (χ0) is 24.5. The summed E-state index contributed by atoms with van der Waals surface area (Å²) in [6.45, 7) is 3.49. The van der Waals surface area contributed by atoms with Crippen LogP contribution in [0.4, 0.5) is 9.39 Å². The van der Waals surface area contributed by atoms with Crippen molar-refractivity contribution in [1.82, 2.24) is 9.21 Å². The van der Waals surface area contributed by atoms with Gasteiger partial charge in [0.1, 0.15) is 10.8 Å². The molecule has 1 fully saturated rings. The molecular weight excluding hydrogens is 481 g/mol. The lowest BCUT2D eigenvalue weighted by Crippen LogP contribution is -2.50. The molecule has 0 bridgehead atoms. The number of carbonyl (C=O) groups is 2. The van der Waals surface area contributed by atoms with Gasteiger partial charge in [-0.1, -0.05) is 6.92 Å². The van der Waals surface area contributed by atoms with Gasteiger partial charge >= 0.3 is 5.97 Å². The van der Waals surface area contributed by atoms with Crippen molar-refractivity contribution in [2.45, 2.75) is 31.1 Å². The maximum absolute atomic E-state index is 13.1. The predicted octanol–water partition coefficient (Wildman–Crippen LogP) is 2.74. The van der Waals surface area contributed by atoms with Gasteiger partial charge in [-0.15, -0.1) is 11.3 Å². The number of thiophene rings is 1. The van der Waals surface area contributed by atoms with Crippen molar-refractivity contribution in [3.63, 3.8) is 0 Å². The van der Waals surface area contributed by atoms with E-state index < -0.39 is 21.8 Å². The second-order valence-electron chi connectivity index (χ2n) is 8.73. The summed E-state index contributed by atoms with van der Waals surface area (Å²) < 4.78 is 45.0. The number of halogens is 1. The third-order valence-corrected chi connectivity index (χ3v) is 9.39. The standard InChI is InChI=1S/C23H28FN3O5S2/c1-15-3-8-18-19(13-15)33-22(21(18)23(29)32-2)25-20(28)14-26-9-11-27(12-10-26)34(30,31)17-6-4-16(24)5-7-17/h4-7,15H,3,8-14H2,1-2H3,(H,25,28). The fraction of sp³-hybridized carbons (Fsp3) is 0.478. The fourth-order valence-electron chi connectivity index (χ4n) is 4.41. The SMILES string of the molecule is COC(=O)c1c(NC(=O)CN2CCN(S(=O)(=O)c3ccc(F)cc3)CC2)sc2c1CCC(C)C2. The molecule has 0 spiro atoms. The van der Waals surface area contributed by atoms with E-state index in [-0.39, 0.29) is 30.4 Å². The van der Waals surface area contributed by atoms with Gasteiger partial charge in [0, 0.05) is 31.1 Å². The van der Waals surface area contributed by atoms with Crippen LogP contribution >= 0.6 is 11.3 Å². The Morgan fingerprint density at radius 3 is 2.50 bits per heavy atom. The number of hydrogen-bond donors (Lipinski definition) is 1. The van der Waals surface area contributed by atoms with Crippen molar-refractivity contribution in [1.29, 1.82) is 0 Å². The van der Waals surface area contributed by atoms with E-state index in [1.807, 2.05) is 4.90 Å². The van der Waals surface area contributed by atoms with Crippen molar-refractivity contribution in [3.8, 4) is 0 Å². The molecule has 0 radical (unpaired) electrons. The molecule has 0 saturated carbocycles. The van der Waals surface area contributed by atoms with Crippen LogP contribution < -0.4 is 5.32 Å². The Morgan fingerprint density at radius 1 is 1.18 bits per heavy atom. The Hall–Kier alpha value is -2.34. The lowest BCUT2D eigenvalue weighted by Gasteiger charge is -2.33. The molecule has 184 valence electrons. The summed E-state index contributed by atoms with van der Waals surface area (Å²) in [4.78, 5) is 28.3. The number of rotatable bonds is 6. The summed E-state index contributed by atoms with van der Waals surface area (Å²) in [7, 11) is -2.38. The highest BCUT2D eigenvalue weighted by Crippen LogP contribution is 2.40. The van der Waals surface area contributed by atoms with E-state index in [9.17, 15) is 22.4 Å². The van der Waals surface area contributed by atoms with Crippen molar-refractivity contribution in [3.05, 3.63) is 46.1 Å². The van der Waals surface area contributed by atoms with Crippen molar-refractivity contribution < 1.29 is 27.1 Å². The first-order chi connectivity index (χ1) is 16.2. The van der Waals surface area contributed by atoms with Crippen LogP contribution in [0, 0.1) is 11.7 Å². The summed E-state index contributed by atoms with van der Waals surface area (Å²) in [5, 5.41) is 3.41. The molecule has 34 heavy (non-hydrogen) atoms. The Labute approximate surface area is 202 Å². The van der Waals surface area contributed by atoms with Gasteiger partial charge in [-0.2, -0.15) is 4.31 Å². The number of benzene rings is 1. The zero-order valence-corrected chi connectivity index (χ0v) is 20.8. The number of anilines is 1. The number of sulfonamides is 1. The van der Waals surface area contributed by atoms with Crippen LogP contribution in [0.15, 0.2) is 29.2 Å². The third-order valence-electron chi connectivity index (χ3n) is 6.30. The molecule has 1 N–H and O–H groups in total. The highest BCUT2D eigenvalue weighted by atomic mass is 32.2. The summed E-state index contributed by atoms with van der Waals surface area (Å²) in [5.41, 5.74) is 1.43. The van der Waals surface area contributed by atoms with E-state index in [1.165, 1.54) is 34.9 Å². The maximum atomic E-state index is 13.1. The second kappa shape index (κ2) is 10.1. The van der Waals surface area contributed by atoms with Gasteiger partial charge in [-0.05, 0) is 55.0 Å². The number of amides is 1. The first-order valence-electron chi connectivity index (χ1n) is 11.2. The number of fused-ring (bicyclic) bond motifs is 1. The molecule has 1 unspecified atom stereocenters. The molecule has 4 rings (SSSR count). The molecule has 1 amide bonds. The number of nitrogens with one attached hydrogen (secondary N) is 1. The van der Waals surface area contributed by atoms with Gasteiger partial charge in [0.05, 0.1) is 24.1 Å². The topological polar surface area (TPSA) is 96.0 Å². The molecule has 8 nitrogen and oxygen atoms in total. The van der Waals surface area contributed by atoms with Crippen LogP contribution in [-0.2, 0) is 32.4 Å². The monoisotopic (exact) mass is 509 g/mol. The lowest BCUT2D eigenvalue weighted by atomic mass is 9.88. The van der Waals surface area contributed by atoms with E-state index in [1.54, 1.807) is 0 Å². The quantitative estimate of drug-likeness (QED) is 0.602. The number of esters is 1. The van der Waals surface area contributed by atoms with Crippen LogP contribution in [0.2, 0.25) is 0 Å². The Bertz CT molecular complexity index is 1170. The van der Waals surface area contributed by atoms with Gasteiger partial charge < -0.3 is 10.1 Å². The predicted molar refractivity (Wildman–Crippen MR) is 127 cm³/mol. The number of carbonyl (C=O) groups excluding carboxylic acids is 2. The fourth-order valence-corrected chi connectivity index (χ4v) is 7.25. The van der Waals surface area contributed by atoms with Crippen LogP contribution in [0.1, 0.15) is 34.1 Å². The summed E-state index contributed by atoms with van der Waals surface area (Å²) in [6, 6.07) is 4.76. The van der Waals surface area contributed by atoms with Gasteiger partial charge in [0.2, 0.25) is 15.9 Å². The number of piperazine rings is 1. The van der Waals surface area contributed by atoms with Gasteiger partial charge in [-0.25, -0.2) is 17.6 Å². The number of methoxy groups -OCH3 is 1. The summed E-state index contributed by atoms with van der Waals surface area (Å²) in [5.74, 6) is -0.664. The van der Waals surface area contributed by atoms with Crippen LogP contribution in [0.25, 0.3) is 0 Å². The van der Waals surface area contributed by atoms with Crippen molar-refractivity contribution in [2.75, 3.05) is 45.2 Å². The van der Waals surface area contributed by atoms with Crippen molar-refractivity contribution >= 4 is 38.2 Å². The highest BCUT2D eigenvalue weighted by molar-refractivity contribution is 7.89. The van der Waals surface area contributed by atoms with Crippen LogP contribution in [0.3, 0.4) is 0 Å². The van der Waals surface area contributed by atoms with E-state index in [4.69, 9.17) is 4.74 Å². The molecule has 1 atom stereocenters. The molecule has 1 saturated heterocycles. The maximum Gasteiger partial charge on any atom is 0.341 e. The average molecular weight is 510 g/mol. The average Bonchev–Trinajstić information content (AvgIpc) is 3.15. The number of nitrogens with zero attached hydrogens (tertiary/aromatic N) is 2. The van der Waals surface area contributed by atoms with E-state index in [2.05, 4.69) is 12.2 Å². The summed E-state index contributed by atoms with van der Waals surface area (Å²) in [6.07, 6.45) is 2.66. The molecule has 1 aliphatic carbocycles. The molecule has 11 heteroatoms. The van der Waals surface area contributed by atoms with E-state index in [0.29, 0.717) is 29.6 Å². The van der Waals surface area contributed by atoms with E-state index in [0.717, 1.165) is 41.8 Å². The normalized spacial score (nSPS) is 19.4. The number of ether oxygens (including phenoxy) is 1. The van der Waals surface area contributed by atoms with Crippen LogP contribution in [0.5, 0.6) is 0 Å². The first kappa shape index (κ1) is 24.8. The van der Waals surface area contributed by atoms with Gasteiger partial charge in [0.15, 0.2) is 0 Å². The Balaban J connectivity index is 1.38. The molecule has 1 aromatic carbocycles.